The van der Waals surface area contributed by atoms with Crippen LogP contribution in [-0.2, 0) is 16.0 Å². The fraction of sp³-hybridized carbons (Fsp3) is 0.308. The Labute approximate surface area is 198 Å². The van der Waals surface area contributed by atoms with E-state index in [4.69, 9.17) is 5.73 Å². The Morgan fingerprint density at radius 1 is 1.15 bits per heavy atom. The van der Waals surface area contributed by atoms with Gasteiger partial charge >= 0.3 is 0 Å². The molecule has 1 aliphatic carbocycles. The molecule has 1 aromatic heterocycles. The summed E-state index contributed by atoms with van der Waals surface area (Å²) in [6.45, 7) is 3.88. The van der Waals surface area contributed by atoms with Gasteiger partial charge in [0.05, 0.1) is 17.4 Å². The van der Waals surface area contributed by atoms with Gasteiger partial charge in [-0.2, -0.15) is 0 Å². The Morgan fingerprint density at radius 3 is 2.73 bits per heavy atom. The number of rotatable bonds is 7. The number of nitrogens with zero attached hydrogens (tertiary/aromatic N) is 1. The number of hydrogen-bond acceptors (Lipinski definition) is 5. The molecule has 0 saturated carbocycles. The Kier molecular flexibility index (Phi) is 7.42. The summed E-state index contributed by atoms with van der Waals surface area (Å²) in [5.74, 6) is -0.242. The highest BCUT2D eigenvalue weighted by molar-refractivity contribution is 7.09. The van der Waals surface area contributed by atoms with Crippen molar-refractivity contribution in [2.45, 2.75) is 38.6 Å². The minimum atomic E-state index is -0.236. The minimum Gasteiger partial charge on any atom is -0.397 e. The first-order valence-electron chi connectivity index (χ1n) is 11.3. The summed E-state index contributed by atoms with van der Waals surface area (Å²) in [4.78, 5) is 29.0. The molecule has 172 valence electrons. The van der Waals surface area contributed by atoms with E-state index in [1.54, 1.807) is 29.6 Å². The normalized spacial score (nSPS) is 17.1. The smallest absolute Gasteiger partial charge is 0.255 e. The number of hydrogen-bond donors (Lipinski definition) is 3. The number of allylic oxidation sites excluding steroid dienone is 3. The van der Waals surface area contributed by atoms with E-state index >= 15 is 0 Å². The van der Waals surface area contributed by atoms with Gasteiger partial charge in [-0.25, -0.2) is 0 Å². The third-order valence-electron chi connectivity index (χ3n) is 6.04. The second-order valence-corrected chi connectivity index (χ2v) is 9.49. The lowest BCUT2D eigenvalue weighted by Gasteiger charge is -2.23. The van der Waals surface area contributed by atoms with Gasteiger partial charge in [0.15, 0.2) is 0 Å². The fourth-order valence-corrected chi connectivity index (χ4v) is 4.80. The maximum atomic E-state index is 12.9. The van der Waals surface area contributed by atoms with Crippen LogP contribution in [0.2, 0.25) is 0 Å². The van der Waals surface area contributed by atoms with Gasteiger partial charge < -0.3 is 16.4 Å². The molecule has 33 heavy (non-hydrogen) atoms. The van der Waals surface area contributed by atoms with E-state index in [9.17, 15) is 9.59 Å². The van der Waals surface area contributed by atoms with Crippen molar-refractivity contribution in [1.29, 1.82) is 0 Å². The zero-order valence-electron chi connectivity index (χ0n) is 18.8. The van der Waals surface area contributed by atoms with Gasteiger partial charge in [-0.1, -0.05) is 24.3 Å². The number of likely N-dealkylation sites (tertiary alicyclic amines) is 1. The molecule has 1 unspecified atom stereocenters. The lowest BCUT2D eigenvalue weighted by atomic mass is 10.1. The van der Waals surface area contributed by atoms with Crippen LogP contribution in [0.1, 0.15) is 36.6 Å². The zero-order chi connectivity index (χ0) is 23.2. The minimum absolute atomic E-state index is 0.00631. The molecule has 2 aliphatic rings. The van der Waals surface area contributed by atoms with E-state index in [2.05, 4.69) is 27.0 Å². The van der Waals surface area contributed by atoms with E-state index in [1.165, 1.54) is 4.88 Å². The molecule has 1 aromatic carbocycles. The van der Waals surface area contributed by atoms with Crippen LogP contribution in [0.15, 0.2) is 71.3 Å². The van der Waals surface area contributed by atoms with Gasteiger partial charge in [-0.3, -0.25) is 14.5 Å². The van der Waals surface area contributed by atoms with Crippen LogP contribution < -0.4 is 16.4 Å². The molecule has 4 rings (SSSR count). The van der Waals surface area contributed by atoms with Gasteiger partial charge in [-0.15, -0.1) is 11.3 Å². The molecule has 1 aliphatic heterocycles. The number of carbonyl (C=O) groups is 2. The van der Waals surface area contributed by atoms with Crippen LogP contribution in [0.4, 0.5) is 11.4 Å². The number of anilines is 2. The summed E-state index contributed by atoms with van der Waals surface area (Å²) in [6, 6.07) is 9.70. The fourth-order valence-electron chi connectivity index (χ4n) is 4.06. The van der Waals surface area contributed by atoms with Crippen molar-refractivity contribution >= 4 is 34.5 Å². The standard InChI is InChI=1S/C26H30N4O2S/c1-18(30-13-2-3-14-30)25(31)28-21-7-4-6-20(10-11-21)26(32)29-24-17-19(9-12-23(24)27)16-22-8-5-15-33-22/h4-6,8-12,15,17-18H,2-3,7,13-14,16,27H2,1H3,(H,28,31)(H,29,32). The van der Waals surface area contributed by atoms with E-state index < -0.39 is 0 Å². The molecule has 0 bridgehead atoms. The molecule has 7 heteroatoms. The summed E-state index contributed by atoms with van der Waals surface area (Å²) in [5.41, 5.74) is 9.62. The Balaban J connectivity index is 1.40. The first-order chi connectivity index (χ1) is 16.0. The van der Waals surface area contributed by atoms with E-state index in [-0.39, 0.29) is 17.9 Å². The van der Waals surface area contributed by atoms with Crippen LogP contribution in [0.25, 0.3) is 0 Å². The first kappa shape index (κ1) is 23.0. The van der Waals surface area contributed by atoms with Gasteiger partial charge in [-0.05, 0) is 74.1 Å². The molecular weight excluding hydrogens is 432 g/mol. The average molecular weight is 463 g/mol. The summed E-state index contributed by atoms with van der Waals surface area (Å²) < 4.78 is 0. The van der Waals surface area contributed by atoms with Gasteiger partial charge in [0.25, 0.3) is 5.91 Å². The molecule has 6 nitrogen and oxygen atoms in total. The summed E-state index contributed by atoms with van der Waals surface area (Å²) in [5, 5.41) is 8.00. The SMILES string of the molecule is CC(C(=O)NC1=CC=C(C(=O)Nc2cc(Cc3cccs3)ccc2N)C=CC1)N1CCCC1. The monoisotopic (exact) mass is 462 g/mol. The maximum Gasteiger partial charge on any atom is 0.255 e. The van der Waals surface area contributed by atoms with Gasteiger partial charge in [0, 0.05) is 29.0 Å². The third-order valence-corrected chi connectivity index (χ3v) is 6.91. The molecule has 0 spiro atoms. The molecular formula is C26H30N4O2S. The lowest BCUT2D eigenvalue weighted by molar-refractivity contribution is -0.124. The number of nitrogens with two attached hydrogens (primary N) is 1. The van der Waals surface area contributed by atoms with Crippen LogP contribution >= 0.6 is 11.3 Å². The maximum absolute atomic E-state index is 12.9. The largest absolute Gasteiger partial charge is 0.397 e. The van der Waals surface area contributed by atoms with Crippen molar-refractivity contribution in [3.05, 3.63) is 81.7 Å². The lowest BCUT2D eigenvalue weighted by Crippen LogP contribution is -2.43. The van der Waals surface area contributed by atoms with Gasteiger partial charge in [0.1, 0.15) is 0 Å². The molecule has 1 atom stereocenters. The molecule has 1 saturated heterocycles. The molecule has 1 fully saturated rings. The Morgan fingerprint density at radius 2 is 1.97 bits per heavy atom. The van der Waals surface area contributed by atoms with Crippen molar-refractivity contribution < 1.29 is 9.59 Å². The third kappa shape index (κ3) is 6.00. The van der Waals surface area contributed by atoms with Gasteiger partial charge in [0.2, 0.25) is 5.91 Å². The van der Waals surface area contributed by atoms with Crippen molar-refractivity contribution in [3.8, 4) is 0 Å². The summed E-state index contributed by atoms with van der Waals surface area (Å²) in [6.07, 6.45) is 10.9. The zero-order valence-corrected chi connectivity index (χ0v) is 19.7. The predicted molar refractivity (Wildman–Crippen MR) is 135 cm³/mol. The van der Waals surface area contributed by atoms with E-state index in [1.807, 2.05) is 37.3 Å². The first-order valence-corrected chi connectivity index (χ1v) is 12.2. The van der Waals surface area contributed by atoms with Crippen LogP contribution in [-0.4, -0.2) is 35.8 Å². The Bertz CT molecular complexity index is 1100. The molecule has 4 N–H and O–H groups in total. The molecule has 2 heterocycles. The quantitative estimate of drug-likeness (QED) is 0.538. The van der Waals surface area contributed by atoms with Crippen molar-refractivity contribution in [1.82, 2.24) is 10.2 Å². The molecule has 2 aromatic rings. The van der Waals surface area contributed by atoms with Crippen LogP contribution in [0, 0.1) is 0 Å². The number of nitrogens with one attached hydrogen (secondary N) is 2. The van der Waals surface area contributed by atoms with Crippen molar-refractivity contribution in [3.63, 3.8) is 0 Å². The second-order valence-electron chi connectivity index (χ2n) is 8.46. The summed E-state index contributed by atoms with van der Waals surface area (Å²) in [7, 11) is 0. The van der Waals surface area contributed by atoms with Crippen molar-refractivity contribution in [2.75, 3.05) is 24.1 Å². The number of carbonyl (C=O) groups excluding carboxylic acids is 2. The second kappa shape index (κ2) is 10.6. The predicted octanol–water partition coefficient (Wildman–Crippen LogP) is 4.23. The Hall–Kier alpha value is -3.16. The number of nitrogen functional groups attached to an aromatic ring is 1. The molecule has 0 radical (unpaired) electrons. The highest BCUT2D eigenvalue weighted by atomic mass is 32.1. The number of benzene rings is 1. The average Bonchev–Trinajstić information content (AvgIpc) is 3.47. The topological polar surface area (TPSA) is 87.5 Å². The van der Waals surface area contributed by atoms with Crippen LogP contribution in [0.3, 0.4) is 0 Å². The van der Waals surface area contributed by atoms with Crippen molar-refractivity contribution in [2.24, 2.45) is 0 Å². The summed E-state index contributed by atoms with van der Waals surface area (Å²) >= 11 is 1.70. The number of amides is 2. The highest BCUT2D eigenvalue weighted by Crippen LogP contribution is 2.24. The van der Waals surface area contributed by atoms with E-state index in [0.29, 0.717) is 23.4 Å². The number of thiophene rings is 1. The van der Waals surface area contributed by atoms with E-state index in [0.717, 1.165) is 43.6 Å². The highest BCUT2D eigenvalue weighted by Gasteiger charge is 2.24. The van der Waals surface area contributed by atoms with Crippen LogP contribution in [0.5, 0.6) is 0 Å². The molecule has 2 amide bonds.